The summed E-state index contributed by atoms with van der Waals surface area (Å²) in [5.74, 6) is 0.108. The fourth-order valence-corrected chi connectivity index (χ4v) is 1.95. The van der Waals surface area contributed by atoms with Crippen molar-refractivity contribution in [2.24, 2.45) is 0 Å². The monoisotopic (exact) mass is 211 g/mol. The summed E-state index contributed by atoms with van der Waals surface area (Å²) < 4.78 is 0. The van der Waals surface area contributed by atoms with Gasteiger partial charge in [-0.1, -0.05) is 6.92 Å². The molecule has 1 N–H and O–H groups in total. The number of aliphatic carboxylic acids is 1. The van der Waals surface area contributed by atoms with Gasteiger partial charge in [0.05, 0.1) is 6.42 Å². The van der Waals surface area contributed by atoms with Crippen LogP contribution in [0.15, 0.2) is 24.5 Å². The maximum absolute atomic E-state index is 10.4. The molecular weight excluding hydrogens is 198 g/mol. The van der Waals surface area contributed by atoms with E-state index in [4.69, 9.17) is 5.11 Å². The minimum Gasteiger partial charge on any atom is -0.481 e. The van der Waals surface area contributed by atoms with Crippen LogP contribution in [0.5, 0.6) is 0 Å². The van der Waals surface area contributed by atoms with Crippen molar-refractivity contribution in [3.05, 3.63) is 30.1 Å². The van der Waals surface area contributed by atoms with Gasteiger partial charge in [0.1, 0.15) is 0 Å². The molecule has 1 aromatic rings. The van der Waals surface area contributed by atoms with Crippen LogP contribution in [-0.4, -0.2) is 21.3 Å². The number of aromatic nitrogens is 1. The van der Waals surface area contributed by atoms with Gasteiger partial charge < -0.3 is 5.11 Å². The molecule has 1 rings (SSSR count). The van der Waals surface area contributed by atoms with Crippen molar-refractivity contribution in [3.63, 3.8) is 0 Å². The van der Waals surface area contributed by atoms with Crippen molar-refractivity contribution in [2.45, 2.75) is 24.3 Å². The van der Waals surface area contributed by atoms with E-state index in [2.05, 4.69) is 4.98 Å². The number of pyridine rings is 1. The van der Waals surface area contributed by atoms with Gasteiger partial charge in [0, 0.05) is 23.4 Å². The van der Waals surface area contributed by atoms with Crippen molar-refractivity contribution in [1.82, 2.24) is 4.98 Å². The highest BCUT2D eigenvalue weighted by Crippen LogP contribution is 2.19. The van der Waals surface area contributed by atoms with E-state index < -0.39 is 5.97 Å². The Morgan fingerprint density at radius 3 is 2.79 bits per heavy atom. The maximum atomic E-state index is 10.4. The third-order valence-corrected chi connectivity index (χ3v) is 2.98. The van der Waals surface area contributed by atoms with Gasteiger partial charge in [-0.25, -0.2) is 0 Å². The van der Waals surface area contributed by atoms with E-state index in [0.717, 1.165) is 5.75 Å². The van der Waals surface area contributed by atoms with E-state index in [-0.39, 0.29) is 11.7 Å². The van der Waals surface area contributed by atoms with Crippen LogP contribution < -0.4 is 0 Å². The highest BCUT2D eigenvalue weighted by molar-refractivity contribution is 7.99. The number of thioether (sulfide) groups is 1. The Kier molecular flexibility index (Phi) is 4.46. The number of carboxylic acids is 1. The lowest BCUT2D eigenvalue weighted by molar-refractivity contribution is -0.136. The second-order valence-corrected chi connectivity index (χ2v) is 4.50. The SMILES string of the molecule is CC(CC(=O)O)SCc1ccncc1. The first-order valence-electron chi connectivity index (χ1n) is 4.41. The number of nitrogens with zero attached hydrogens (tertiary/aromatic N) is 1. The van der Waals surface area contributed by atoms with Crippen LogP contribution in [0.25, 0.3) is 0 Å². The predicted molar refractivity (Wildman–Crippen MR) is 57.2 cm³/mol. The lowest BCUT2D eigenvalue weighted by Crippen LogP contribution is -2.05. The molecule has 76 valence electrons. The van der Waals surface area contributed by atoms with Crippen LogP contribution in [-0.2, 0) is 10.5 Å². The third-order valence-electron chi connectivity index (χ3n) is 1.75. The second-order valence-electron chi connectivity index (χ2n) is 3.07. The van der Waals surface area contributed by atoms with Gasteiger partial charge in [0.15, 0.2) is 0 Å². The fraction of sp³-hybridized carbons (Fsp3) is 0.400. The number of hydrogen-bond acceptors (Lipinski definition) is 3. The average Bonchev–Trinajstić information content (AvgIpc) is 2.15. The molecule has 0 aliphatic heterocycles. The molecule has 1 atom stereocenters. The van der Waals surface area contributed by atoms with Crippen LogP contribution in [0.2, 0.25) is 0 Å². The molecule has 1 aromatic heterocycles. The summed E-state index contributed by atoms with van der Waals surface area (Å²) in [5, 5.41) is 8.71. The number of hydrogen-bond donors (Lipinski definition) is 1. The van der Waals surface area contributed by atoms with E-state index in [1.165, 1.54) is 5.56 Å². The van der Waals surface area contributed by atoms with E-state index in [9.17, 15) is 4.79 Å². The molecule has 0 aromatic carbocycles. The second kappa shape index (κ2) is 5.65. The van der Waals surface area contributed by atoms with Gasteiger partial charge >= 0.3 is 5.97 Å². The summed E-state index contributed by atoms with van der Waals surface area (Å²) >= 11 is 1.65. The summed E-state index contributed by atoms with van der Waals surface area (Å²) in [6.45, 7) is 1.93. The summed E-state index contributed by atoms with van der Waals surface area (Å²) in [5.41, 5.74) is 1.18. The molecule has 0 amide bonds. The Balaban J connectivity index is 2.30. The molecule has 0 radical (unpaired) electrons. The lowest BCUT2D eigenvalue weighted by atomic mass is 10.3. The lowest BCUT2D eigenvalue weighted by Gasteiger charge is -2.07. The molecule has 14 heavy (non-hydrogen) atoms. The Bertz CT molecular complexity index is 289. The molecule has 1 heterocycles. The van der Waals surface area contributed by atoms with Crippen molar-refractivity contribution in [2.75, 3.05) is 0 Å². The Labute approximate surface area is 87.6 Å². The Morgan fingerprint density at radius 1 is 1.57 bits per heavy atom. The molecule has 4 heteroatoms. The molecule has 3 nitrogen and oxygen atoms in total. The quantitative estimate of drug-likeness (QED) is 0.811. The van der Waals surface area contributed by atoms with E-state index >= 15 is 0 Å². The first kappa shape index (κ1) is 11.0. The van der Waals surface area contributed by atoms with Crippen LogP contribution in [0.1, 0.15) is 18.9 Å². The van der Waals surface area contributed by atoms with Gasteiger partial charge in [-0.3, -0.25) is 9.78 Å². The highest BCUT2D eigenvalue weighted by Gasteiger charge is 2.07. The molecule has 1 unspecified atom stereocenters. The van der Waals surface area contributed by atoms with Crippen LogP contribution in [0.3, 0.4) is 0 Å². The van der Waals surface area contributed by atoms with Crippen molar-refractivity contribution in [3.8, 4) is 0 Å². The number of carboxylic acid groups (broad SMARTS) is 1. The molecule has 0 saturated heterocycles. The number of carbonyl (C=O) groups is 1. The van der Waals surface area contributed by atoms with E-state index in [0.29, 0.717) is 0 Å². The van der Waals surface area contributed by atoms with Crippen molar-refractivity contribution in [1.29, 1.82) is 0 Å². The van der Waals surface area contributed by atoms with E-state index in [1.54, 1.807) is 24.2 Å². The topological polar surface area (TPSA) is 50.2 Å². The largest absolute Gasteiger partial charge is 0.481 e. The van der Waals surface area contributed by atoms with Gasteiger partial charge in [0.2, 0.25) is 0 Å². The summed E-state index contributed by atoms with van der Waals surface area (Å²) in [6.07, 6.45) is 3.71. The Hall–Kier alpha value is -1.03. The average molecular weight is 211 g/mol. The third kappa shape index (κ3) is 4.28. The van der Waals surface area contributed by atoms with Gasteiger partial charge in [-0.15, -0.1) is 0 Å². The zero-order valence-corrected chi connectivity index (χ0v) is 8.83. The molecule has 0 bridgehead atoms. The van der Waals surface area contributed by atoms with Crippen molar-refractivity contribution >= 4 is 17.7 Å². The molecule has 0 spiro atoms. The maximum Gasteiger partial charge on any atom is 0.304 e. The first-order chi connectivity index (χ1) is 6.68. The summed E-state index contributed by atoms with van der Waals surface area (Å²) in [7, 11) is 0. The molecular formula is C10H13NO2S. The normalized spacial score (nSPS) is 12.4. The zero-order chi connectivity index (χ0) is 10.4. The molecule has 0 saturated carbocycles. The first-order valence-corrected chi connectivity index (χ1v) is 5.45. The van der Waals surface area contributed by atoms with Crippen molar-refractivity contribution < 1.29 is 9.90 Å². The summed E-state index contributed by atoms with van der Waals surface area (Å²) in [4.78, 5) is 14.3. The van der Waals surface area contributed by atoms with Gasteiger partial charge in [-0.05, 0) is 17.7 Å². The summed E-state index contributed by atoms with van der Waals surface area (Å²) in [6, 6.07) is 3.89. The molecule has 0 fully saturated rings. The molecule has 0 aliphatic rings. The number of rotatable bonds is 5. The standard InChI is InChI=1S/C10H13NO2S/c1-8(6-10(12)13)14-7-9-2-4-11-5-3-9/h2-5,8H,6-7H2,1H3,(H,12,13). The highest BCUT2D eigenvalue weighted by atomic mass is 32.2. The minimum absolute atomic E-state index is 0.153. The minimum atomic E-state index is -0.736. The fourth-order valence-electron chi connectivity index (χ4n) is 1.02. The zero-order valence-electron chi connectivity index (χ0n) is 8.01. The van der Waals surface area contributed by atoms with Crippen LogP contribution in [0.4, 0.5) is 0 Å². The van der Waals surface area contributed by atoms with Gasteiger partial charge in [0.25, 0.3) is 0 Å². The van der Waals surface area contributed by atoms with Gasteiger partial charge in [-0.2, -0.15) is 11.8 Å². The predicted octanol–water partition coefficient (Wildman–Crippen LogP) is 2.18. The van der Waals surface area contributed by atoms with Crippen LogP contribution in [0, 0.1) is 0 Å². The molecule has 0 aliphatic carbocycles. The van der Waals surface area contributed by atoms with E-state index in [1.807, 2.05) is 19.1 Å². The van der Waals surface area contributed by atoms with Crippen LogP contribution >= 0.6 is 11.8 Å². The Morgan fingerprint density at radius 2 is 2.21 bits per heavy atom. The smallest absolute Gasteiger partial charge is 0.304 e.